The van der Waals surface area contributed by atoms with Gasteiger partial charge in [0.15, 0.2) is 5.82 Å². The maximum absolute atomic E-state index is 5.90. The Kier molecular flexibility index (Phi) is 7.51. The molecule has 1 aliphatic rings. The van der Waals surface area contributed by atoms with E-state index in [1.54, 1.807) is 0 Å². The van der Waals surface area contributed by atoms with Crippen LogP contribution < -0.4 is 5.73 Å². The molecule has 2 heterocycles. The van der Waals surface area contributed by atoms with Crippen molar-refractivity contribution in [3.63, 3.8) is 0 Å². The molecule has 0 bridgehead atoms. The van der Waals surface area contributed by atoms with Gasteiger partial charge in [0.25, 0.3) is 0 Å². The van der Waals surface area contributed by atoms with Crippen LogP contribution in [0.2, 0.25) is 0 Å². The summed E-state index contributed by atoms with van der Waals surface area (Å²) in [5.74, 6) is 4.58. The molecule has 4 aromatic rings. The minimum Gasteiger partial charge on any atom is -0.330 e. The first-order valence-corrected chi connectivity index (χ1v) is 13.1. The van der Waals surface area contributed by atoms with Crippen LogP contribution in [-0.4, -0.2) is 41.9 Å². The fourth-order valence-electron chi connectivity index (χ4n) is 5.25. The van der Waals surface area contributed by atoms with Crippen molar-refractivity contribution in [1.82, 2.24) is 35.4 Å². The molecule has 8 heteroatoms. The van der Waals surface area contributed by atoms with Crippen molar-refractivity contribution in [2.45, 2.75) is 58.9 Å². The van der Waals surface area contributed by atoms with Crippen molar-refractivity contribution >= 4 is 0 Å². The normalized spacial score (nSPS) is 18.1. The zero-order valence-electron chi connectivity index (χ0n) is 21.3. The lowest BCUT2D eigenvalue weighted by Crippen LogP contribution is -2.23. The molecule has 0 unspecified atom stereocenters. The van der Waals surface area contributed by atoms with Crippen molar-refractivity contribution in [2.24, 2.45) is 23.5 Å². The molecule has 188 valence electrons. The molecule has 1 saturated carbocycles. The van der Waals surface area contributed by atoms with E-state index >= 15 is 0 Å². The summed E-state index contributed by atoms with van der Waals surface area (Å²) in [6.07, 6.45) is 6.86. The van der Waals surface area contributed by atoms with Crippen molar-refractivity contribution in [3.05, 3.63) is 65.7 Å². The van der Waals surface area contributed by atoms with Crippen LogP contribution in [0.3, 0.4) is 0 Å². The number of rotatable bonds is 9. The highest BCUT2D eigenvalue weighted by Crippen LogP contribution is 2.31. The molecule has 2 aromatic carbocycles. The summed E-state index contributed by atoms with van der Waals surface area (Å²) in [7, 11) is 0. The molecule has 5 rings (SSSR count). The van der Waals surface area contributed by atoms with Gasteiger partial charge in [-0.25, -0.2) is 9.67 Å². The van der Waals surface area contributed by atoms with Gasteiger partial charge in [0, 0.05) is 18.4 Å². The molecule has 3 N–H and O–H groups in total. The Bertz CT molecular complexity index is 1240. The number of benzene rings is 2. The Labute approximate surface area is 212 Å². The standard InChI is InChI=1S/C28H36N8/c1-19(2)15-26-30-27(16-20-7-9-21(17-29)10-8-20)36(33-26)18-22-11-13-23(14-12-22)24-5-3-4-6-25(24)28-31-34-35-32-28/h3-6,11-14,19-21H,7-10,15-18,29H2,1-2H3,(H,31,32,34,35). The van der Waals surface area contributed by atoms with E-state index in [4.69, 9.17) is 15.8 Å². The largest absolute Gasteiger partial charge is 0.330 e. The van der Waals surface area contributed by atoms with Crippen LogP contribution in [0, 0.1) is 17.8 Å². The van der Waals surface area contributed by atoms with Crippen LogP contribution in [0.15, 0.2) is 48.5 Å². The molecule has 0 atom stereocenters. The monoisotopic (exact) mass is 484 g/mol. The van der Waals surface area contributed by atoms with E-state index in [0.29, 0.717) is 23.6 Å². The number of hydrogen-bond acceptors (Lipinski definition) is 6. The third-order valence-corrected chi connectivity index (χ3v) is 7.26. The molecule has 8 nitrogen and oxygen atoms in total. The summed E-state index contributed by atoms with van der Waals surface area (Å²) in [6, 6.07) is 16.8. The third kappa shape index (κ3) is 5.70. The fourth-order valence-corrected chi connectivity index (χ4v) is 5.25. The first-order valence-electron chi connectivity index (χ1n) is 13.1. The maximum atomic E-state index is 5.90. The summed E-state index contributed by atoms with van der Waals surface area (Å²) in [5, 5.41) is 19.5. The Morgan fingerprint density at radius 1 is 0.972 bits per heavy atom. The summed E-state index contributed by atoms with van der Waals surface area (Å²) in [5.41, 5.74) is 10.3. The summed E-state index contributed by atoms with van der Waals surface area (Å²) < 4.78 is 2.13. The number of H-pyrrole nitrogens is 1. The van der Waals surface area contributed by atoms with E-state index < -0.39 is 0 Å². The third-order valence-electron chi connectivity index (χ3n) is 7.26. The highest BCUT2D eigenvalue weighted by Gasteiger charge is 2.23. The molecular formula is C28H36N8. The number of nitrogens with one attached hydrogen (secondary N) is 1. The molecule has 0 saturated heterocycles. The maximum Gasteiger partial charge on any atom is 0.205 e. The van der Waals surface area contributed by atoms with E-state index in [-0.39, 0.29) is 0 Å². The van der Waals surface area contributed by atoms with Gasteiger partial charge in [0.2, 0.25) is 5.82 Å². The summed E-state index contributed by atoms with van der Waals surface area (Å²) in [6.45, 7) is 5.99. The van der Waals surface area contributed by atoms with Gasteiger partial charge in [-0.2, -0.15) is 10.3 Å². The molecule has 0 amide bonds. The molecule has 0 spiro atoms. The Morgan fingerprint density at radius 2 is 1.69 bits per heavy atom. The van der Waals surface area contributed by atoms with Crippen molar-refractivity contribution < 1.29 is 0 Å². The first kappa shape index (κ1) is 24.3. The highest BCUT2D eigenvalue weighted by atomic mass is 15.5. The second-order valence-electron chi connectivity index (χ2n) is 10.5. The van der Waals surface area contributed by atoms with E-state index in [0.717, 1.165) is 54.3 Å². The molecule has 36 heavy (non-hydrogen) atoms. The quantitative estimate of drug-likeness (QED) is 0.357. The number of nitrogens with zero attached hydrogens (tertiary/aromatic N) is 6. The number of tetrazole rings is 1. The van der Waals surface area contributed by atoms with Gasteiger partial charge in [-0.1, -0.05) is 62.4 Å². The highest BCUT2D eigenvalue weighted by molar-refractivity contribution is 5.80. The molecule has 0 radical (unpaired) electrons. The number of aromatic nitrogens is 7. The number of nitrogens with two attached hydrogens (primary N) is 1. The summed E-state index contributed by atoms with van der Waals surface area (Å²) >= 11 is 0. The van der Waals surface area contributed by atoms with Gasteiger partial charge < -0.3 is 5.73 Å². The Balaban J connectivity index is 1.34. The number of hydrogen-bond donors (Lipinski definition) is 2. The van der Waals surface area contributed by atoms with Gasteiger partial charge in [0.1, 0.15) is 5.82 Å². The van der Waals surface area contributed by atoms with Gasteiger partial charge in [-0.3, -0.25) is 0 Å². The topological polar surface area (TPSA) is 111 Å². The lowest BCUT2D eigenvalue weighted by atomic mass is 9.80. The second-order valence-corrected chi connectivity index (χ2v) is 10.5. The smallest absolute Gasteiger partial charge is 0.205 e. The average molecular weight is 485 g/mol. The van der Waals surface area contributed by atoms with Gasteiger partial charge >= 0.3 is 0 Å². The molecule has 1 aliphatic carbocycles. The predicted molar refractivity (Wildman–Crippen MR) is 141 cm³/mol. The Hall–Kier alpha value is -3.39. The average Bonchev–Trinajstić information content (AvgIpc) is 3.55. The predicted octanol–water partition coefficient (Wildman–Crippen LogP) is 4.68. The van der Waals surface area contributed by atoms with E-state index in [2.05, 4.69) is 69.5 Å². The van der Waals surface area contributed by atoms with Crippen LogP contribution in [-0.2, 0) is 19.4 Å². The van der Waals surface area contributed by atoms with E-state index in [1.807, 2.05) is 18.2 Å². The molecule has 0 aliphatic heterocycles. The molecule has 1 fully saturated rings. The lowest BCUT2D eigenvalue weighted by molar-refractivity contribution is 0.273. The fraction of sp³-hybridized carbons (Fsp3) is 0.464. The summed E-state index contributed by atoms with van der Waals surface area (Å²) in [4.78, 5) is 4.99. The number of aromatic amines is 1. The van der Waals surface area contributed by atoms with Crippen molar-refractivity contribution in [3.8, 4) is 22.5 Å². The van der Waals surface area contributed by atoms with Crippen molar-refractivity contribution in [2.75, 3.05) is 6.54 Å². The van der Waals surface area contributed by atoms with Crippen LogP contribution in [0.25, 0.3) is 22.5 Å². The van der Waals surface area contributed by atoms with Crippen LogP contribution in [0.1, 0.15) is 56.7 Å². The van der Waals surface area contributed by atoms with Crippen LogP contribution in [0.4, 0.5) is 0 Å². The minimum atomic E-state index is 0.534. The lowest BCUT2D eigenvalue weighted by Gasteiger charge is -2.27. The second kappa shape index (κ2) is 11.1. The molecular weight excluding hydrogens is 448 g/mol. The molecule has 2 aromatic heterocycles. The van der Waals surface area contributed by atoms with Crippen LogP contribution in [0.5, 0.6) is 0 Å². The van der Waals surface area contributed by atoms with E-state index in [1.165, 1.54) is 31.2 Å². The van der Waals surface area contributed by atoms with Crippen molar-refractivity contribution in [1.29, 1.82) is 0 Å². The van der Waals surface area contributed by atoms with E-state index in [9.17, 15) is 0 Å². The van der Waals surface area contributed by atoms with Gasteiger partial charge in [-0.05, 0) is 71.9 Å². The minimum absolute atomic E-state index is 0.534. The first-order chi connectivity index (χ1) is 17.6. The SMILES string of the molecule is CC(C)Cc1nc(CC2CCC(CN)CC2)n(Cc2ccc(-c3ccccc3-c3nn[nH]n3)cc2)n1. The zero-order valence-corrected chi connectivity index (χ0v) is 21.3. The zero-order chi connectivity index (χ0) is 24.9. The van der Waals surface area contributed by atoms with Gasteiger partial charge in [-0.15, -0.1) is 10.2 Å². The van der Waals surface area contributed by atoms with Crippen LogP contribution >= 0.6 is 0 Å². The Morgan fingerprint density at radius 3 is 2.36 bits per heavy atom. The van der Waals surface area contributed by atoms with Gasteiger partial charge in [0.05, 0.1) is 6.54 Å².